The van der Waals surface area contributed by atoms with Crippen LogP contribution in [0.5, 0.6) is 0 Å². The quantitative estimate of drug-likeness (QED) is 0.835. The van der Waals surface area contributed by atoms with E-state index in [1.54, 1.807) is 7.05 Å². The van der Waals surface area contributed by atoms with Crippen LogP contribution >= 0.6 is 0 Å². The summed E-state index contributed by atoms with van der Waals surface area (Å²) in [5, 5.41) is 9.33. The number of nitriles is 1. The Morgan fingerprint density at radius 2 is 2.16 bits per heavy atom. The average molecular weight is 258 g/mol. The number of carbonyl (C=O) groups is 1. The molecule has 1 fully saturated rings. The molecular formula is C15H18N2O2. The molecule has 0 bridgehead atoms. The van der Waals surface area contributed by atoms with Gasteiger partial charge in [-0.1, -0.05) is 29.8 Å². The van der Waals surface area contributed by atoms with Gasteiger partial charge in [0.15, 0.2) is 0 Å². The van der Waals surface area contributed by atoms with Gasteiger partial charge in [0.05, 0.1) is 6.07 Å². The van der Waals surface area contributed by atoms with Gasteiger partial charge in [0, 0.05) is 13.7 Å². The van der Waals surface area contributed by atoms with Crippen molar-refractivity contribution in [2.45, 2.75) is 31.9 Å². The Morgan fingerprint density at radius 3 is 2.68 bits per heavy atom. The van der Waals surface area contributed by atoms with Crippen molar-refractivity contribution in [3.63, 3.8) is 0 Å². The molecule has 0 aromatic heterocycles. The van der Waals surface area contributed by atoms with Gasteiger partial charge in [0.1, 0.15) is 12.1 Å². The van der Waals surface area contributed by atoms with Gasteiger partial charge in [-0.3, -0.25) is 4.79 Å². The van der Waals surface area contributed by atoms with Crippen molar-refractivity contribution in [3.05, 3.63) is 35.4 Å². The SMILES string of the molecule is Cc1ccc(C(C#N)N(C)C(=O)C2CCCO2)cc1. The van der Waals surface area contributed by atoms with Gasteiger partial charge in [-0.15, -0.1) is 0 Å². The van der Waals surface area contributed by atoms with Crippen LogP contribution in [0.15, 0.2) is 24.3 Å². The summed E-state index contributed by atoms with van der Waals surface area (Å²) in [6, 6.07) is 9.31. The standard InChI is InChI=1S/C15H18N2O2/c1-11-5-7-12(8-6-11)13(10-16)17(2)15(18)14-4-3-9-19-14/h5-8,13-14H,3-4,9H2,1-2H3. The van der Waals surface area contributed by atoms with Gasteiger partial charge in [-0.2, -0.15) is 5.26 Å². The lowest BCUT2D eigenvalue weighted by Crippen LogP contribution is -2.38. The number of hydrogen-bond acceptors (Lipinski definition) is 3. The molecule has 2 rings (SSSR count). The molecule has 1 aliphatic heterocycles. The number of ether oxygens (including phenoxy) is 1. The van der Waals surface area contributed by atoms with Crippen molar-refractivity contribution >= 4 is 5.91 Å². The Bertz CT molecular complexity index is 484. The predicted molar refractivity (Wildman–Crippen MR) is 71.3 cm³/mol. The molecule has 2 unspecified atom stereocenters. The average Bonchev–Trinajstić information content (AvgIpc) is 2.94. The fraction of sp³-hybridized carbons (Fsp3) is 0.467. The summed E-state index contributed by atoms with van der Waals surface area (Å²) >= 11 is 0. The molecule has 100 valence electrons. The number of aryl methyl sites for hydroxylation is 1. The van der Waals surface area contributed by atoms with Crippen molar-refractivity contribution in [2.75, 3.05) is 13.7 Å². The molecule has 1 aromatic carbocycles. The van der Waals surface area contributed by atoms with Crippen molar-refractivity contribution < 1.29 is 9.53 Å². The van der Waals surface area contributed by atoms with Gasteiger partial charge in [-0.25, -0.2) is 0 Å². The molecule has 4 nitrogen and oxygen atoms in total. The molecular weight excluding hydrogens is 240 g/mol. The van der Waals surface area contributed by atoms with E-state index in [0.717, 1.165) is 24.0 Å². The van der Waals surface area contributed by atoms with E-state index in [1.165, 1.54) is 4.90 Å². The van der Waals surface area contributed by atoms with E-state index >= 15 is 0 Å². The van der Waals surface area contributed by atoms with E-state index in [9.17, 15) is 10.1 Å². The van der Waals surface area contributed by atoms with Crippen LogP contribution in [0, 0.1) is 18.3 Å². The first-order valence-corrected chi connectivity index (χ1v) is 6.48. The summed E-state index contributed by atoms with van der Waals surface area (Å²) in [5.74, 6) is -0.107. The molecule has 0 spiro atoms. The van der Waals surface area contributed by atoms with Crippen LogP contribution in [-0.4, -0.2) is 30.6 Å². The molecule has 1 heterocycles. The number of amides is 1. The monoisotopic (exact) mass is 258 g/mol. The smallest absolute Gasteiger partial charge is 0.252 e. The normalized spacial score (nSPS) is 19.7. The fourth-order valence-electron chi connectivity index (χ4n) is 2.26. The second-order valence-electron chi connectivity index (χ2n) is 4.89. The number of nitrogens with zero attached hydrogens (tertiary/aromatic N) is 2. The van der Waals surface area contributed by atoms with Gasteiger partial charge in [-0.05, 0) is 25.3 Å². The molecule has 19 heavy (non-hydrogen) atoms. The molecule has 0 aliphatic carbocycles. The molecule has 1 saturated heterocycles. The Kier molecular flexibility index (Phi) is 4.18. The lowest BCUT2D eigenvalue weighted by atomic mass is 10.0. The minimum Gasteiger partial charge on any atom is -0.368 e. The molecule has 0 saturated carbocycles. The highest BCUT2D eigenvalue weighted by atomic mass is 16.5. The van der Waals surface area contributed by atoms with Crippen LogP contribution in [0.3, 0.4) is 0 Å². The highest BCUT2D eigenvalue weighted by molar-refractivity contribution is 5.81. The van der Waals surface area contributed by atoms with E-state index in [-0.39, 0.29) is 12.0 Å². The third kappa shape index (κ3) is 2.94. The number of carbonyl (C=O) groups excluding carboxylic acids is 1. The number of rotatable bonds is 3. The first-order valence-electron chi connectivity index (χ1n) is 6.48. The molecule has 1 aliphatic rings. The number of hydrogen-bond donors (Lipinski definition) is 0. The van der Waals surface area contributed by atoms with Gasteiger partial charge in [0.2, 0.25) is 0 Å². The van der Waals surface area contributed by atoms with E-state index in [2.05, 4.69) is 6.07 Å². The highest BCUT2D eigenvalue weighted by Crippen LogP contribution is 2.23. The molecule has 2 atom stereocenters. The largest absolute Gasteiger partial charge is 0.368 e. The Balaban J connectivity index is 2.14. The minimum absolute atomic E-state index is 0.107. The van der Waals surface area contributed by atoms with Crippen LogP contribution in [0.1, 0.15) is 30.0 Å². The van der Waals surface area contributed by atoms with E-state index < -0.39 is 6.04 Å². The Morgan fingerprint density at radius 1 is 1.47 bits per heavy atom. The zero-order valence-corrected chi connectivity index (χ0v) is 11.3. The molecule has 4 heteroatoms. The third-order valence-electron chi connectivity index (χ3n) is 3.46. The summed E-state index contributed by atoms with van der Waals surface area (Å²) in [6.07, 6.45) is 1.27. The summed E-state index contributed by atoms with van der Waals surface area (Å²) in [7, 11) is 1.66. The Hall–Kier alpha value is -1.86. The zero-order chi connectivity index (χ0) is 13.8. The predicted octanol–water partition coefficient (Wildman–Crippen LogP) is 2.20. The third-order valence-corrected chi connectivity index (χ3v) is 3.46. The van der Waals surface area contributed by atoms with Crippen molar-refractivity contribution in [1.82, 2.24) is 4.90 Å². The summed E-state index contributed by atoms with van der Waals surface area (Å²) in [4.78, 5) is 13.7. The number of benzene rings is 1. The van der Waals surface area contributed by atoms with Crippen LogP contribution in [0.2, 0.25) is 0 Å². The summed E-state index contributed by atoms with van der Waals surface area (Å²) < 4.78 is 5.38. The lowest BCUT2D eigenvalue weighted by Gasteiger charge is -2.25. The maximum absolute atomic E-state index is 12.2. The molecule has 0 radical (unpaired) electrons. The van der Waals surface area contributed by atoms with Crippen LogP contribution in [0.4, 0.5) is 0 Å². The van der Waals surface area contributed by atoms with E-state index in [1.807, 2.05) is 31.2 Å². The van der Waals surface area contributed by atoms with Gasteiger partial charge < -0.3 is 9.64 Å². The zero-order valence-electron chi connectivity index (χ0n) is 11.3. The van der Waals surface area contributed by atoms with Gasteiger partial charge >= 0.3 is 0 Å². The van der Waals surface area contributed by atoms with Crippen molar-refractivity contribution in [2.24, 2.45) is 0 Å². The minimum atomic E-state index is -0.558. The molecule has 1 amide bonds. The highest BCUT2D eigenvalue weighted by Gasteiger charge is 2.30. The summed E-state index contributed by atoms with van der Waals surface area (Å²) in [6.45, 7) is 2.62. The first kappa shape index (κ1) is 13.6. The van der Waals surface area contributed by atoms with Crippen LogP contribution in [0.25, 0.3) is 0 Å². The molecule has 1 aromatic rings. The van der Waals surface area contributed by atoms with Crippen LogP contribution in [-0.2, 0) is 9.53 Å². The maximum atomic E-state index is 12.2. The van der Waals surface area contributed by atoms with Gasteiger partial charge in [0.25, 0.3) is 5.91 Å². The summed E-state index contributed by atoms with van der Waals surface area (Å²) in [5.41, 5.74) is 1.97. The lowest BCUT2D eigenvalue weighted by molar-refractivity contribution is -0.140. The van der Waals surface area contributed by atoms with E-state index in [0.29, 0.717) is 6.61 Å². The first-order chi connectivity index (χ1) is 9.13. The maximum Gasteiger partial charge on any atom is 0.252 e. The van der Waals surface area contributed by atoms with Crippen molar-refractivity contribution in [1.29, 1.82) is 5.26 Å². The number of likely N-dealkylation sites (N-methyl/N-ethyl adjacent to an activating group) is 1. The van der Waals surface area contributed by atoms with E-state index in [4.69, 9.17) is 4.74 Å². The topological polar surface area (TPSA) is 53.3 Å². The van der Waals surface area contributed by atoms with Crippen LogP contribution < -0.4 is 0 Å². The molecule has 0 N–H and O–H groups in total. The second kappa shape index (κ2) is 5.85. The van der Waals surface area contributed by atoms with Crippen molar-refractivity contribution in [3.8, 4) is 6.07 Å². The Labute approximate surface area is 113 Å². The second-order valence-corrected chi connectivity index (χ2v) is 4.89. The fourth-order valence-corrected chi connectivity index (χ4v) is 2.26.